The molecular formula is C15H17N5O3S. The summed E-state index contributed by atoms with van der Waals surface area (Å²) in [4.78, 5) is 16.4. The molecule has 4 rings (SSSR count). The van der Waals surface area contributed by atoms with E-state index in [9.17, 15) is 13.2 Å². The van der Waals surface area contributed by atoms with Gasteiger partial charge in [0, 0.05) is 37.6 Å². The predicted molar refractivity (Wildman–Crippen MR) is 84.4 cm³/mol. The summed E-state index contributed by atoms with van der Waals surface area (Å²) in [6.45, 7) is 0.348. The standard InChI is InChI=1S/C15H17N5O3S/c1-19-13-9-20(24(22,23)11-3-2-6-16-7-11)8-12(13)14(18-19)15(21)17-10-4-5-10/h2-3,6-7,10H,4-5,8-9H2,1H3,(H,17,21). The monoisotopic (exact) mass is 347 g/mol. The number of amides is 1. The first kappa shape index (κ1) is 15.3. The number of aryl methyl sites for hydroxylation is 1. The van der Waals surface area contributed by atoms with E-state index in [1.165, 1.54) is 22.8 Å². The van der Waals surface area contributed by atoms with Crippen LogP contribution >= 0.6 is 0 Å². The number of pyridine rings is 1. The third-order valence-electron chi connectivity index (χ3n) is 4.34. The molecule has 1 N–H and O–H groups in total. The molecule has 0 unspecified atom stereocenters. The molecule has 1 aliphatic heterocycles. The smallest absolute Gasteiger partial charge is 0.272 e. The first-order chi connectivity index (χ1) is 11.5. The van der Waals surface area contributed by atoms with Crippen LogP contribution in [-0.2, 0) is 30.2 Å². The first-order valence-electron chi connectivity index (χ1n) is 7.72. The second-order valence-electron chi connectivity index (χ2n) is 6.11. The van der Waals surface area contributed by atoms with Crippen molar-refractivity contribution in [2.45, 2.75) is 36.9 Å². The highest BCUT2D eigenvalue weighted by atomic mass is 32.2. The van der Waals surface area contributed by atoms with Gasteiger partial charge in [-0.3, -0.25) is 14.5 Å². The Hall–Kier alpha value is -2.26. The molecule has 0 spiro atoms. The number of carbonyl (C=O) groups excluding carboxylic acids is 1. The Morgan fingerprint density at radius 3 is 2.79 bits per heavy atom. The van der Waals surface area contributed by atoms with E-state index >= 15 is 0 Å². The quantitative estimate of drug-likeness (QED) is 0.864. The van der Waals surface area contributed by atoms with Gasteiger partial charge < -0.3 is 5.32 Å². The van der Waals surface area contributed by atoms with Gasteiger partial charge in [-0.25, -0.2) is 8.42 Å². The first-order valence-corrected chi connectivity index (χ1v) is 9.16. The van der Waals surface area contributed by atoms with Crippen LogP contribution in [0.1, 0.15) is 34.6 Å². The molecule has 9 heteroatoms. The Morgan fingerprint density at radius 1 is 1.33 bits per heavy atom. The molecule has 3 heterocycles. The lowest BCUT2D eigenvalue weighted by Gasteiger charge is -2.16. The van der Waals surface area contributed by atoms with E-state index in [1.807, 2.05) is 0 Å². The molecule has 0 radical (unpaired) electrons. The van der Waals surface area contributed by atoms with E-state index in [-0.39, 0.29) is 29.9 Å². The largest absolute Gasteiger partial charge is 0.348 e. The summed E-state index contributed by atoms with van der Waals surface area (Å²) in [5.41, 5.74) is 1.76. The normalized spacial score (nSPS) is 17.7. The molecule has 2 aromatic rings. The van der Waals surface area contributed by atoms with Crippen molar-refractivity contribution in [1.29, 1.82) is 0 Å². The average Bonchev–Trinajstić information content (AvgIpc) is 3.17. The van der Waals surface area contributed by atoms with E-state index in [0.717, 1.165) is 18.5 Å². The molecule has 1 saturated carbocycles. The van der Waals surface area contributed by atoms with Crippen molar-refractivity contribution in [3.8, 4) is 0 Å². The minimum atomic E-state index is -3.65. The van der Waals surface area contributed by atoms with Gasteiger partial charge in [0.15, 0.2) is 5.69 Å². The highest BCUT2D eigenvalue weighted by Gasteiger charge is 2.37. The number of nitrogens with one attached hydrogen (secondary N) is 1. The second kappa shape index (κ2) is 5.38. The summed E-state index contributed by atoms with van der Waals surface area (Å²) in [7, 11) is -1.92. The second-order valence-corrected chi connectivity index (χ2v) is 8.04. The molecule has 1 aliphatic carbocycles. The highest BCUT2D eigenvalue weighted by molar-refractivity contribution is 7.89. The molecule has 0 bridgehead atoms. The highest BCUT2D eigenvalue weighted by Crippen LogP contribution is 2.30. The lowest BCUT2D eigenvalue weighted by Crippen LogP contribution is -2.29. The van der Waals surface area contributed by atoms with Crippen LogP contribution in [0, 0.1) is 0 Å². The zero-order valence-electron chi connectivity index (χ0n) is 13.1. The van der Waals surface area contributed by atoms with Crippen LogP contribution in [-0.4, -0.2) is 39.4 Å². The van der Waals surface area contributed by atoms with Crippen LogP contribution in [0.5, 0.6) is 0 Å². The maximum atomic E-state index is 12.7. The number of aromatic nitrogens is 3. The summed E-state index contributed by atoms with van der Waals surface area (Å²) < 4.78 is 28.4. The van der Waals surface area contributed by atoms with Crippen molar-refractivity contribution in [2.75, 3.05) is 0 Å². The van der Waals surface area contributed by atoms with Crippen LogP contribution in [0.25, 0.3) is 0 Å². The summed E-state index contributed by atoms with van der Waals surface area (Å²) in [5.74, 6) is -0.227. The number of fused-ring (bicyclic) bond motifs is 1. The molecule has 1 fully saturated rings. The van der Waals surface area contributed by atoms with Crippen molar-refractivity contribution >= 4 is 15.9 Å². The molecule has 126 valence electrons. The third kappa shape index (κ3) is 2.49. The van der Waals surface area contributed by atoms with Crippen molar-refractivity contribution < 1.29 is 13.2 Å². The van der Waals surface area contributed by atoms with Crippen LogP contribution in [0.3, 0.4) is 0 Å². The van der Waals surface area contributed by atoms with Gasteiger partial charge in [0.25, 0.3) is 5.91 Å². The van der Waals surface area contributed by atoms with E-state index in [2.05, 4.69) is 15.4 Å². The minimum Gasteiger partial charge on any atom is -0.348 e. The molecule has 2 aromatic heterocycles. The van der Waals surface area contributed by atoms with E-state index in [1.54, 1.807) is 17.8 Å². The zero-order valence-corrected chi connectivity index (χ0v) is 14.0. The third-order valence-corrected chi connectivity index (χ3v) is 6.11. The Kier molecular flexibility index (Phi) is 3.43. The Morgan fingerprint density at radius 2 is 2.12 bits per heavy atom. The lowest BCUT2D eigenvalue weighted by atomic mass is 10.2. The van der Waals surface area contributed by atoms with Crippen LogP contribution < -0.4 is 5.32 Å². The fourth-order valence-electron chi connectivity index (χ4n) is 2.85. The van der Waals surface area contributed by atoms with Gasteiger partial charge in [0.05, 0.1) is 12.2 Å². The molecule has 2 aliphatic rings. The maximum Gasteiger partial charge on any atom is 0.272 e. The summed E-state index contributed by atoms with van der Waals surface area (Å²) in [6.07, 6.45) is 4.84. The Bertz CT molecular complexity index is 903. The van der Waals surface area contributed by atoms with Crippen molar-refractivity contribution in [2.24, 2.45) is 7.05 Å². The molecule has 0 saturated heterocycles. The van der Waals surface area contributed by atoms with Crippen LogP contribution in [0.15, 0.2) is 29.4 Å². The zero-order chi connectivity index (χ0) is 16.9. The Labute approximate surface area is 139 Å². The van der Waals surface area contributed by atoms with Crippen LogP contribution in [0.4, 0.5) is 0 Å². The minimum absolute atomic E-state index is 0.147. The molecule has 1 amide bonds. The number of carbonyl (C=O) groups is 1. The number of nitrogens with zero attached hydrogens (tertiary/aromatic N) is 4. The number of hydrogen-bond donors (Lipinski definition) is 1. The van der Waals surface area contributed by atoms with Gasteiger partial charge in [-0.15, -0.1) is 0 Å². The topological polar surface area (TPSA) is 97.2 Å². The van der Waals surface area contributed by atoms with Gasteiger partial charge in [-0.2, -0.15) is 9.40 Å². The predicted octanol–water partition coefficient (Wildman–Crippen LogP) is 0.412. The molecule has 8 nitrogen and oxygen atoms in total. The van der Waals surface area contributed by atoms with Gasteiger partial charge in [0.1, 0.15) is 4.90 Å². The number of hydrogen-bond acceptors (Lipinski definition) is 5. The fraction of sp³-hybridized carbons (Fsp3) is 0.400. The Balaban J connectivity index is 1.63. The van der Waals surface area contributed by atoms with Gasteiger partial charge in [-0.05, 0) is 25.0 Å². The molecule has 24 heavy (non-hydrogen) atoms. The van der Waals surface area contributed by atoms with Crippen molar-refractivity contribution in [3.63, 3.8) is 0 Å². The molecule has 0 atom stereocenters. The van der Waals surface area contributed by atoms with Gasteiger partial charge >= 0.3 is 0 Å². The van der Waals surface area contributed by atoms with Crippen LogP contribution in [0.2, 0.25) is 0 Å². The SMILES string of the molecule is Cn1nc(C(=O)NC2CC2)c2c1CN(S(=O)(=O)c1cccnc1)C2. The van der Waals surface area contributed by atoms with Crippen molar-refractivity contribution in [3.05, 3.63) is 41.5 Å². The van der Waals surface area contributed by atoms with E-state index in [4.69, 9.17) is 0 Å². The average molecular weight is 347 g/mol. The van der Waals surface area contributed by atoms with Gasteiger partial charge in [-0.1, -0.05) is 0 Å². The maximum absolute atomic E-state index is 12.7. The molecule has 0 aromatic carbocycles. The van der Waals surface area contributed by atoms with Gasteiger partial charge in [0.2, 0.25) is 10.0 Å². The lowest BCUT2D eigenvalue weighted by molar-refractivity contribution is 0.0944. The summed E-state index contributed by atoms with van der Waals surface area (Å²) in [5, 5.41) is 7.18. The van der Waals surface area contributed by atoms with E-state index < -0.39 is 10.0 Å². The number of sulfonamides is 1. The van der Waals surface area contributed by atoms with E-state index in [0.29, 0.717) is 11.3 Å². The summed E-state index contributed by atoms with van der Waals surface area (Å²) in [6, 6.07) is 3.34. The number of rotatable bonds is 4. The summed E-state index contributed by atoms with van der Waals surface area (Å²) >= 11 is 0. The van der Waals surface area contributed by atoms with Crippen molar-refractivity contribution in [1.82, 2.24) is 24.4 Å². The fourth-order valence-corrected chi connectivity index (χ4v) is 4.18. The molecular weight excluding hydrogens is 330 g/mol.